The van der Waals surface area contributed by atoms with Gasteiger partial charge in [0.25, 0.3) is 0 Å². The van der Waals surface area contributed by atoms with E-state index in [0.717, 1.165) is 6.54 Å². The molecule has 2 aromatic rings. The van der Waals surface area contributed by atoms with E-state index in [1.165, 1.54) is 12.1 Å². The van der Waals surface area contributed by atoms with Crippen LogP contribution in [0.2, 0.25) is 0 Å². The van der Waals surface area contributed by atoms with Crippen molar-refractivity contribution in [3.8, 4) is 6.07 Å². The Kier molecular flexibility index (Phi) is 4.26. The van der Waals surface area contributed by atoms with Crippen molar-refractivity contribution >= 4 is 0 Å². The Labute approximate surface area is 111 Å². The van der Waals surface area contributed by atoms with Gasteiger partial charge in [0.15, 0.2) is 0 Å². The highest BCUT2D eigenvalue weighted by Crippen LogP contribution is 2.10. The first-order chi connectivity index (χ1) is 9.19. The molecule has 0 aliphatic rings. The summed E-state index contributed by atoms with van der Waals surface area (Å²) in [6.07, 6.45) is 5.35. The van der Waals surface area contributed by atoms with Crippen molar-refractivity contribution in [2.24, 2.45) is 0 Å². The predicted molar refractivity (Wildman–Crippen MR) is 69.6 cm³/mol. The van der Waals surface area contributed by atoms with Gasteiger partial charge in [-0.1, -0.05) is 0 Å². The number of hydrogen-bond acceptors (Lipinski definition) is 3. The Morgan fingerprint density at radius 2 is 2.37 bits per heavy atom. The van der Waals surface area contributed by atoms with Crippen LogP contribution in [-0.2, 0) is 13.1 Å². The maximum atomic E-state index is 13.6. The lowest BCUT2D eigenvalue weighted by Gasteiger charge is -2.14. The Bertz CT molecular complexity index is 572. The van der Waals surface area contributed by atoms with Gasteiger partial charge < -0.3 is 9.88 Å². The topological polar surface area (TPSA) is 53.6 Å². The zero-order valence-electron chi connectivity index (χ0n) is 10.7. The minimum absolute atomic E-state index is 0.180. The molecule has 1 aromatic carbocycles. The molecular formula is C14H15FN4. The van der Waals surface area contributed by atoms with Gasteiger partial charge in [0.05, 0.1) is 18.0 Å². The summed E-state index contributed by atoms with van der Waals surface area (Å²) in [6.45, 7) is 3.18. The lowest BCUT2D eigenvalue weighted by atomic mass is 10.1. The number of benzene rings is 1. The van der Waals surface area contributed by atoms with E-state index in [1.54, 1.807) is 18.6 Å². The van der Waals surface area contributed by atoms with E-state index in [-0.39, 0.29) is 11.9 Å². The number of nitrogens with one attached hydrogen (secondary N) is 1. The molecule has 1 unspecified atom stereocenters. The summed E-state index contributed by atoms with van der Waals surface area (Å²) in [5.74, 6) is -0.290. The fourth-order valence-corrected chi connectivity index (χ4v) is 1.84. The van der Waals surface area contributed by atoms with Crippen LogP contribution >= 0.6 is 0 Å². The standard InChI is InChI=1S/C14H15FN4/c1-11(9-19-5-4-17-10-19)18-8-13-6-12(7-16)2-3-14(13)15/h2-6,10-11,18H,8-9H2,1H3. The van der Waals surface area contributed by atoms with Crippen LogP contribution in [0.5, 0.6) is 0 Å². The van der Waals surface area contributed by atoms with Crippen molar-refractivity contribution in [2.45, 2.75) is 26.1 Å². The van der Waals surface area contributed by atoms with Crippen molar-refractivity contribution < 1.29 is 4.39 Å². The van der Waals surface area contributed by atoms with E-state index in [4.69, 9.17) is 5.26 Å². The molecule has 19 heavy (non-hydrogen) atoms. The second-order valence-corrected chi connectivity index (χ2v) is 4.46. The van der Waals surface area contributed by atoms with Crippen LogP contribution in [0.3, 0.4) is 0 Å². The van der Waals surface area contributed by atoms with Crippen LogP contribution in [-0.4, -0.2) is 15.6 Å². The molecule has 1 aromatic heterocycles. The van der Waals surface area contributed by atoms with Crippen LogP contribution < -0.4 is 5.32 Å². The van der Waals surface area contributed by atoms with Gasteiger partial charge in [-0.15, -0.1) is 0 Å². The van der Waals surface area contributed by atoms with Gasteiger partial charge in [-0.05, 0) is 25.1 Å². The van der Waals surface area contributed by atoms with Gasteiger partial charge >= 0.3 is 0 Å². The summed E-state index contributed by atoms with van der Waals surface area (Å²) in [6, 6.07) is 6.58. The average Bonchev–Trinajstić information content (AvgIpc) is 2.90. The molecule has 0 saturated heterocycles. The van der Waals surface area contributed by atoms with Crippen LogP contribution in [0.15, 0.2) is 36.9 Å². The number of rotatable bonds is 5. The monoisotopic (exact) mass is 258 g/mol. The molecule has 0 fully saturated rings. The zero-order chi connectivity index (χ0) is 13.7. The first kappa shape index (κ1) is 13.2. The van der Waals surface area contributed by atoms with Gasteiger partial charge in [-0.25, -0.2) is 9.37 Å². The molecule has 0 spiro atoms. The van der Waals surface area contributed by atoms with E-state index >= 15 is 0 Å². The van der Waals surface area contributed by atoms with Crippen molar-refractivity contribution in [1.82, 2.24) is 14.9 Å². The van der Waals surface area contributed by atoms with E-state index in [9.17, 15) is 4.39 Å². The van der Waals surface area contributed by atoms with Gasteiger partial charge in [0, 0.05) is 37.1 Å². The predicted octanol–water partition coefficient (Wildman–Crippen LogP) is 2.07. The normalized spacial score (nSPS) is 12.1. The molecule has 1 N–H and O–H groups in total. The SMILES string of the molecule is CC(Cn1ccnc1)NCc1cc(C#N)ccc1F. The summed E-state index contributed by atoms with van der Waals surface area (Å²) in [5, 5.41) is 12.0. The van der Waals surface area contributed by atoms with Crippen molar-refractivity contribution in [1.29, 1.82) is 5.26 Å². The highest BCUT2D eigenvalue weighted by Gasteiger charge is 2.06. The largest absolute Gasteiger partial charge is 0.336 e. The zero-order valence-corrected chi connectivity index (χ0v) is 10.7. The fraction of sp³-hybridized carbons (Fsp3) is 0.286. The van der Waals surface area contributed by atoms with Gasteiger partial charge in [-0.2, -0.15) is 5.26 Å². The molecule has 0 bridgehead atoms. The van der Waals surface area contributed by atoms with Crippen LogP contribution in [0, 0.1) is 17.1 Å². The number of halogens is 1. The molecule has 2 rings (SSSR count). The number of aromatic nitrogens is 2. The van der Waals surface area contributed by atoms with Crippen LogP contribution in [0.25, 0.3) is 0 Å². The summed E-state index contributed by atoms with van der Waals surface area (Å²) in [7, 11) is 0. The molecule has 0 aliphatic carbocycles. The first-order valence-electron chi connectivity index (χ1n) is 6.06. The number of hydrogen-bond donors (Lipinski definition) is 1. The Morgan fingerprint density at radius 1 is 1.53 bits per heavy atom. The van der Waals surface area contributed by atoms with Gasteiger partial charge in [0.1, 0.15) is 5.82 Å². The molecule has 0 aliphatic heterocycles. The summed E-state index contributed by atoms with van der Waals surface area (Å²) in [5.41, 5.74) is 0.983. The van der Waals surface area contributed by atoms with Crippen LogP contribution in [0.1, 0.15) is 18.1 Å². The second-order valence-electron chi connectivity index (χ2n) is 4.46. The third-order valence-corrected chi connectivity index (χ3v) is 2.86. The van der Waals surface area contributed by atoms with E-state index in [1.807, 2.05) is 23.8 Å². The van der Waals surface area contributed by atoms with E-state index < -0.39 is 0 Å². The minimum atomic E-state index is -0.290. The van der Waals surface area contributed by atoms with E-state index in [0.29, 0.717) is 17.7 Å². The molecule has 1 heterocycles. The third kappa shape index (κ3) is 3.63. The van der Waals surface area contributed by atoms with Crippen molar-refractivity contribution in [3.63, 3.8) is 0 Å². The maximum Gasteiger partial charge on any atom is 0.127 e. The van der Waals surface area contributed by atoms with Crippen LogP contribution in [0.4, 0.5) is 4.39 Å². The van der Waals surface area contributed by atoms with E-state index in [2.05, 4.69) is 10.3 Å². The highest BCUT2D eigenvalue weighted by molar-refractivity contribution is 5.33. The van der Waals surface area contributed by atoms with Crippen molar-refractivity contribution in [2.75, 3.05) is 0 Å². The summed E-state index contributed by atoms with van der Waals surface area (Å²) < 4.78 is 15.5. The number of nitriles is 1. The first-order valence-corrected chi connectivity index (χ1v) is 6.06. The lowest BCUT2D eigenvalue weighted by molar-refractivity contribution is 0.468. The fourth-order valence-electron chi connectivity index (χ4n) is 1.84. The Balaban J connectivity index is 1.93. The molecule has 5 heteroatoms. The molecule has 4 nitrogen and oxygen atoms in total. The second kappa shape index (κ2) is 6.12. The smallest absolute Gasteiger partial charge is 0.127 e. The quantitative estimate of drug-likeness (QED) is 0.893. The molecule has 0 saturated carbocycles. The third-order valence-electron chi connectivity index (χ3n) is 2.86. The maximum absolute atomic E-state index is 13.6. The summed E-state index contributed by atoms with van der Waals surface area (Å²) >= 11 is 0. The molecule has 0 amide bonds. The molecule has 98 valence electrons. The lowest BCUT2D eigenvalue weighted by Crippen LogP contribution is -2.29. The number of nitrogens with zero attached hydrogens (tertiary/aromatic N) is 3. The minimum Gasteiger partial charge on any atom is -0.336 e. The molecule has 0 radical (unpaired) electrons. The van der Waals surface area contributed by atoms with Gasteiger partial charge in [-0.3, -0.25) is 0 Å². The Hall–Kier alpha value is -2.19. The summed E-state index contributed by atoms with van der Waals surface area (Å²) in [4.78, 5) is 3.97. The number of imidazole rings is 1. The molecule has 1 atom stereocenters. The van der Waals surface area contributed by atoms with Gasteiger partial charge in [0.2, 0.25) is 0 Å². The Morgan fingerprint density at radius 3 is 3.05 bits per heavy atom. The molecular weight excluding hydrogens is 243 g/mol. The average molecular weight is 258 g/mol. The van der Waals surface area contributed by atoms with Crippen molar-refractivity contribution in [3.05, 3.63) is 53.9 Å². The highest BCUT2D eigenvalue weighted by atomic mass is 19.1.